The summed E-state index contributed by atoms with van der Waals surface area (Å²) >= 11 is 0. The van der Waals surface area contributed by atoms with Gasteiger partial charge in [-0.1, -0.05) is 36.4 Å². The van der Waals surface area contributed by atoms with E-state index in [2.05, 4.69) is 5.32 Å². The molecule has 1 unspecified atom stereocenters. The van der Waals surface area contributed by atoms with Crippen LogP contribution in [0.5, 0.6) is 0 Å². The molecule has 2 fully saturated rings. The van der Waals surface area contributed by atoms with Gasteiger partial charge in [-0.25, -0.2) is 17.6 Å². The van der Waals surface area contributed by atoms with Gasteiger partial charge >= 0.3 is 0 Å². The molecule has 0 bridgehead atoms. The van der Waals surface area contributed by atoms with Gasteiger partial charge in [-0.2, -0.15) is 0 Å². The van der Waals surface area contributed by atoms with Gasteiger partial charge < -0.3 is 0 Å². The Bertz CT molecular complexity index is 1790. The molecule has 1 aliphatic heterocycles. The van der Waals surface area contributed by atoms with Gasteiger partial charge in [-0.05, 0) is 89.6 Å². The molecule has 4 aromatic carbocycles. The third-order valence-electron chi connectivity index (χ3n) is 9.22. The number of benzene rings is 4. The smallest absolute Gasteiger partial charge is 0.189 e. The molecule has 0 amide bonds. The van der Waals surface area contributed by atoms with Crippen LogP contribution in [0.4, 0.5) is 17.6 Å². The van der Waals surface area contributed by atoms with E-state index in [1.165, 1.54) is 18.2 Å². The Hall–Kier alpha value is -4.10. The van der Waals surface area contributed by atoms with Crippen molar-refractivity contribution in [2.45, 2.75) is 43.7 Å². The summed E-state index contributed by atoms with van der Waals surface area (Å²) in [5.41, 5.74) is -1.05. The maximum absolute atomic E-state index is 15.0. The summed E-state index contributed by atoms with van der Waals surface area (Å²) in [6, 6.07) is 16.8. The van der Waals surface area contributed by atoms with Gasteiger partial charge in [-0.3, -0.25) is 14.9 Å². The second kappa shape index (κ2) is 8.95. The fourth-order valence-corrected chi connectivity index (χ4v) is 8.02. The quantitative estimate of drug-likeness (QED) is 0.207. The molecule has 1 heterocycles. The molecule has 0 aromatic heterocycles. The number of carbonyl (C=O) groups is 2. The topological polar surface area (TPSA) is 46.2 Å². The van der Waals surface area contributed by atoms with Gasteiger partial charge in [-0.15, -0.1) is 0 Å². The fourth-order valence-electron chi connectivity index (χ4n) is 8.02. The van der Waals surface area contributed by atoms with Gasteiger partial charge in [0, 0.05) is 29.7 Å². The van der Waals surface area contributed by atoms with Crippen LogP contribution >= 0.6 is 0 Å². The zero-order valence-electron chi connectivity index (χ0n) is 22.1. The normalized spacial score (nSPS) is 28.1. The third kappa shape index (κ3) is 3.48. The summed E-state index contributed by atoms with van der Waals surface area (Å²) in [6.45, 7) is 1.83. The summed E-state index contributed by atoms with van der Waals surface area (Å²) < 4.78 is 57.5. The minimum Gasteiger partial charge on any atom is -0.297 e. The first-order valence-electron chi connectivity index (χ1n) is 13.7. The number of rotatable bonds is 2. The maximum Gasteiger partial charge on any atom is 0.189 e. The van der Waals surface area contributed by atoms with Crippen LogP contribution in [0.15, 0.2) is 78.4 Å². The maximum atomic E-state index is 15.0. The second-order valence-corrected chi connectivity index (χ2v) is 11.4. The van der Waals surface area contributed by atoms with E-state index in [0.717, 1.165) is 35.0 Å². The van der Waals surface area contributed by atoms with Gasteiger partial charge in [0.1, 0.15) is 28.8 Å². The van der Waals surface area contributed by atoms with E-state index < -0.39 is 46.2 Å². The van der Waals surface area contributed by atoms with Crippen molar-refractivity contribution in [3.63, 3.8) is 0 Å². The molecule has 1 N–H and O–H groups in total. The van der Waals surface area contributed by atoms with E-state index >= 15 is 0 Å². The van der Waals surface area contributed by atoms with E-state index in [4.69, 9.17) is 0 Å². The molecule has 4 aromatic rings. The van der Waals surface area contributed by atoms with E-state index in [0.29, 0.717) is 29.5 Å². The summed E-state index contributed by atoms with van der Waals surface area (Å²) in [5.74, 6) is -4.50. The molecule has 2 aliphatic carbocycles. The van der Waals surface area contributed by atoms with Gasteiger partial charge in [0.25, 0.3) is 0 Å². The lowest BCUT2D eigenvalue weighted by atomic mass is 9.52. The van der Waals surface area contributed by atoms with E-state index in [9.17, 15) is 27.2 Å². The predicted molar refractivity (Wildman–Crippen MR) is 147 cm³/mol. The van der Waals surface area contributed by atoms with Crippen molar-refractivity contribution in [3.05, 3.63) is 124 Å². The Balaban J connectivity index is 1.52. The largest absolute Gasteiger partial charge is 0.297 e. The van der Waals surface area contributed by atoms with E-state index in [-0.39, 0.29) is 29.1 Å². The molecule has 1 saturated carbocycles. The highest BCUT2D eigenvalue weighted by atomic mass is 19.1. The summed E-state index contributed by atoms with van der Waals surface area (Å²) in [4.78, 5) is 29.6. The van der Waals surface area contributed by atoms with Crippen molar-refractivity contribution in [1.29, 1.82) is 0 Å². The van der Waals surface area contributed by atoms with Crippen molar-refractivity contribution in [2.75, 3.05) is 0 Å². The SMILES string of the molecule is CC1N[C@@]2(C(=O)c3cccc4cccc2c34)[C@@]2(CCC/C(=C\c3cc(F)cc(F)c3)C2=O)[C@H]1c1cc(F)cc(F)c1. The third-order valence-corrected chi connectivity index (χ3v) is 9.22. The van der Waals surface area contributed by atoms with Gasteiger partial charge in [0.05, 0.1) is 5.41 Å². The van der Waals surface area contributed by atoms with Gasteiger partial charge in [0.15, 0.2) is 11.6 Å². The zero-order chi connectivity index (χ0) is 28.7. The first-order valence-corrected chi connectivity index (χ1v) is 13.7. The highest BCUT2D eigenvalue weighted by Crippen LogP contribution is 2.65. The van der Waals surface area contributed by atoms with Crippen LogP contribution in [0, 0.1) is 28.7 Å². The number of allylic oxidation sites excluding steroid dienone is 1. The van der Waals surface area contributed by atoms with Crippen LogP contribution in [0.25, 0.3) is 16.8 Å². The lowest BCUT2D eigenvalue weighted by Crippen LogP contribution is -2.59. The minimum atomic E-state index is -1.51. The molecule has 1 saturated heterocycles. The summed E-state index contributed by atoms with van der Waals surface area (Å²) in [5, 5.41) is 5.11. The first-order chi connectivity index (χ1) is 19.7. The average Bonchev–Trinajstić information content (AvgIpc) is 3.31. The molecule has 7 heteroatoms. The number of carbonyl (C=O) groups excluding carboxylic acids is 2. The number of ketones is 2. The Morgan fingerprint density at radius 2 is 1.46 bits per heavy atom. The van der Waals surface area contributed by atoms with Crippen LogP contribution in [0.2, 0.25) is 0 Å². The Morgan fingerprint density at radius 1 is 0.829 bits per heavy atom. The molecule has 3 aliphatic rings. The molecular weight excluding hydrogens is 530 g/mol. The second-order valence-electron chi connectivity index (χ2n) is 11.4. The monoisotopic (exact) mass is 555 g/mol. The fraction of sp³-hybridized carbons (Fsp3) is 0.235. The number of hydrogen-bond donors (Lipinski definition) is 1. The van der Waals surface area contributed by atoms with Crippen molar-refractivity contribution in [3.8, 4) is 0 Å². The minimum absolute atomic E-state index is 0.187. The number of Topliss-reactive ketones (excluding diaryl/α,β-unsaturated/α-hetero) is 2. The lowest BCUT2D eigenvalue weighted by Gasteiger charge is -2.47. The Labute approximate surface area is 233 Å². The van der Waals surface area contributed by atoms with Crippen LogP contribution in [0.3, 0.4) is 0 Å². The average molecular weight is 556 g/mol. The van der Waals surface area contributed by atoms with E-state index in [1.54, 1.807) is 12.1 Å². The standard InChI is InChI=1S/C34H25F4NO2/c1-18-30(22-14-25(37)17-26(38)15-22)33(10-4-7-21(31(33)40)11-19-12-23(35)16-24(36)13-19)34(39-18)28-9-3-6-20-5-2-8-27(29(20)28)32(34)41/h2-3,5-6,8-9,11-18,30,39H,4,7,10H2,1H3/b21-11+/t18?,30-,33+,34+/m1/s1. The van der Waals surface area contributed by atoms with Crippen LogP contribution in [-0.4, -0.2) is 17.6 Å². The van der Waals surface area contributed by atoms with E-state index in [1.807, 2.05) is 31.2 Å². The predicted octanol–water partition coefficient (Wildman–Crippen LogP) is 7.39. The molecule has 0 radical (unpaired) electrons. The molecule has 4 atom stereocenters. The Kier molecular flexibility index (Phi) is 5.64. The number of halogens is 4. The number of fused-ring (bicyclic) bond motifs is 2. The van der Waals surface area contributed by atoms with Crippen LogP contribution in [-0.2, 0) is 10.3 Å². The molecular formula is C34H25F4NO2. The van der Waals surface area contributed by atoms with Crippen LogP contribution in [0.1, 0.15) is 59.2 Å². The number of hydrogen-bond acceptors (Lipinski definition) is 3. The van der Waals surface area contributed by atoms with Gasteiger partial charge in [0.2, 0.25) is 0 Å². The van der Waals surface area contributed by atoms with Crippen molar-refractivity contribution < 1.29 is 27.2 Å². The first kappa shape index (κ1) is 25.8. The molecule has 206 valence electrons. The molecule has 2 spiro atoms. The highest BCUT2D eigenvalue weighted by molar-refractivity contribution is 6.24. The van der Waals surface area contributed by atoms with Crippen molar-refractivity contribution in [2.24, 2.45) is 5.41 Å². The Morgan fingerprint density at radius 3 is 2.15 bits per heavy atom. The van der Waals surface area contributed by atoms with Crippen molar-refractivity contribution in [1.82, 2.24) is 5.32 Å². The van der Waals surface area contributed by atoms with Crippen LogP contribution < -0.4 is 5.32 Å². The summed E-state index contributed by atoms with van der Waals surface area (Å²) in [6.07, 6.45) is 2.57. The summed E-state index contributed by atoms with van der Waals surface area (Å²) in [7, 11) is 0. The molecule has 3 nitrogen and oxygen atoms in total. The van der Waals surface area contributed by atoms with Crippen molar-refractivity contribution >= 4 is 28.4 Å². The highest BCUT2D eigenvalue weighted by Gasteiger charge is 2.73. The molecule has 7 rings (SSSR count). The lowest BCUT2D eigenvalue weighted by molar-refractivity contribution is -0.130. The number of nitrogens with one attached hydrogen (secondary N) is 1. The zero-order valence-corrected chi connectivity index (χ0v) is 22.1. The molecule has 41 heavy (non-hydrogen) atoms.